The first-order chi connectivity index (χ1) is 10.1. The van der Waals surface area contributed by atoms with Crippen molar-refractivity contribution in [3.8, 4) is 0 Å². The maximum Gasteiger partial charge on any atom is 0.291 e. The number of anilines is 2. The van der Waals surface area contributed by atoms with Gasteiger partial charge in [0.05, 0.1) is 12.3 Å². The monoisotopic (exact) mass is 287 g/mol. The highest BCUT2D eigenvalue weighted by Crippen LogP contribution is 2.16. The van der Waals surface area contributed by atoms with Crippen molar-refractivity contribution in [1.29, 1.82) is 0 Å². The van der Waals surface area contributed by atoms with Gasteiger partial charge in [0.25, 0.3) is 5.91 Å². The van der Waals surface area contributed by atoms with E-state index in [1.165, 1.54) is 6.26 Å². The molecule has 21 heavy (non-hydrogen) atoms. The molecule has 0 bridgehead atoms. The molecule has 0 spiro atoms. The molecule has 1 atom stereocenters. The Balaban J connectivity index is 2.04. The maximum absolute atomic E-state index is 11.9. The van der Waals surface area contributed by atoms with Crippen LogP contribution in [0, 0.1) is 0 Å². The molecule has 1 heterocycles. The fraction of sp³-hybridized carbons (Fsp3) is 0.200. The molecule has 6 heteroatoms. The molecule has 0 radical (unpaired) electrons. The molecule has 2 aromatic rings. The van der Waals surface area contributed by atoms with E-state index in [4.69, 9.17) is 4.42 Å². The largest absolute Gasteiger partial charge is 0.459 e. The summed E-state index contributed by atoms with van der Waals surface area (Å²) in [5, 5.41) is 8.32. The van der Waals surface area contributed by atoms with Crippen molar-refractivity contribution in [1.82, 2.24) is 5.32 Å². The number of amides is 2. The molecule has 6 nitrogen and oxygen atoms in total. The third kappa shape index (κ3) is 3.93. The molecule has 0 aliphatic carbocycles. The van der Waals surface area contributed by atoms with Gasteiger partial charge < -0.3 is 20.4 Å². The van der Waals surface area contributed by atoms with Crippen LogP contribution in [0.2, 0.25) is 0 Å². The molecular formula is C15H17N3O3. The second kappa shape index (κ2) is 6.71. The minimum absolute atomic E-state index is 0.146. The average molecular weight is 287 g/mol. The summed E-state index contributed by atoms with van der Waals surface area (Å²) in [6, 6.07) is 9.84. The summed E-state index contributed by atoms with van der Waals surface area (Å²) in [6.07, 6.45) is 1.44. The van der Waals surface area contributed by atoms with E-state index in [-0.39, 0.29) is 23.6 Å². The molecule has 2 rings (SSSR count). The standard InChI is InChI=1S/C15H17N3O3/c1-10(16-2)14(19)17-11-5-3-6-12(9-11)18-15(20)13-7-4-8-21-13/h3-10,16H,1-2H3,(H,17,19)(H,18,20). The van der Waals surface area contributed by atoms with Crippen LogP contribution in [0.1, 0.15) is 17.5 Å². The van der Waals surface area contributed by atoms with Crippen molar-refractivity contribution in [2.45, 2.75) is 13.0 Å². The van der Waals surface area contributed by atoms with Gasteiger partial charge in [-0.05, 0) is 44.3 Å². The number of rotatable bonds is 5. The Morgan fingerprint density at radius 3 is 2.43 bits per heavy atom. The normalized spacial score (nSPS) is 11.7. The lowest BCUT2D eigenvalue weighted by Crippen LogP contribution is -2.35. The third-order valence-corrected chi connectivity index (χ3v) is 2.96. The summed E-state index contributed by atoms with van der Waals surface area (Å²) < 4.78 is 5.02. The van der Waals surface area contributed by atoms with E-state index in [1.54, 1.807) is 50.4 Å². The molecule has 0 saturated heterocycles. The molecule has 2 amide bonds. The predicted octanol–water partition coefficient (Wildman–Crippen LogP) is 2.08. The van der Waals surface area contributed by atoms with Gasteiger partial charge in [-0.25, -0.2) is 0 Å². The fourth-order valence-corrected chi connectivity index (χ4v) is 1.66. The molecule has 110 valence electrons. The lowest BCUT2D eigenvalue weighted by molar-refractivity contribution is -0.117. The minimum atomic E-state index is -0.341. The first-order valence-corrected chi connectivity index (χ1v) is 6.53. The van der Waals surface area contributed by atoms with Crippen molar-refractivity contribution >= 4 is 23.2 Å². The second-order valence-corrected chi connectivity index (χ2v) is 4.51. The SMILES string of the molecule is CNC(C)C(=O)Nc1cccc(NC(=O)c2ccco2)c1. The van der Waals surface area contributed by atoms with E-state index >= 15 is 0 Å². The number of benzene rings is 1. The van der Waals surface area contributed by atoms with Crippen molar-refractivity contribution < 1.29 is 14.0 Å². The van der Waals surface area contributed by atoms with E-state index in [9.17, 15) is 9.59 Å². The Morgan fingerprint density at radius 1 is 1.10 bits per heavy atom. The van der Waals surface area contributed by atoms with Crippen LogP contribution in [0.3, 0.4) is 0 Å². The summed E-state index contributed by atoms with van der Waals surface area (Å²) in [6.45, 7) is 1.76. The van der Waals surface area contributed by atoms with E-state index in [1.807, 2.05) is 0 Å². The van der Waals surface area contributed by atoms with Gasteiger partial charge in [-0.15, -0.1) is 0 Å². The van der Waals surface area contributed by atoms with E-state index in [0.717, 1.165) is 0 Å². The number of furan rings is 1. The zero-order chi connectivity index (χ0) is 15.2. The van der Waals surface area contributed by atoms with Crippen LogP contribution < -0.4 is 16.0 Å². The van der Waals surface area contributed by atoms with Crippen molar-refractivity contribution in [3.05, 3.63) is 48.4 Å². The van der Waals surface area contributed by atoms with Crippen LogP contribution >= 0.6 is 0 Å². The molecule has 1 aromatic carbocycles. The number of nitrogens with one attached hydrogen (secondary N) is 3. The molecular weight excluding hydrogens is 270 g/mol. The molecule has 0 aliphatic heterocycles. The highest BCUT2D eigenvalue weighted by molar-refractivity contribution is 6.02. The lowest BCUT2D eigenvalue weighted by Gasteiger charge is -2.12. The zero-order valence-corrected chi connectivity index (χ0v) is 11.8. The Bertz CT molecular complexity index is 623. The van der Waals surface area contributed by atoms with Crippen molar-refractivity contribution in [2.75, 3.05) is 17.7 Å². The van der Waals surface area contributed by atoms with Gasteiger partial charge in [-0.1, -0.05) is 6.07 Å². The Hall–Kier alpha value is -2.60. The summed E-state index contributed by atoms with van der Waals surface area (Å²) in [5.74, 6) is -0.257. The molecule has 1 aromatic heterocycles. The van der Waals surface area contributed by atoms with Gasteiger partial charge in [-0.3, -0.25) is 9.59 Å². The Labute approximate surface area is 122 Å². The van der Waals surface area contributed by atoms with Gasteiger partial charge in [0.1, 0.15) is 0 Å². The molecule has 0 saturated carbocycles. The number of carbonyl (C=O) groups excluding carboxylic acids is 2. The molecule has 0 fully saturated rings. The Morgan fingerprint density at radius 2 is 1.81 bits per heavy atom. The highest BCUT2D eigenvalue weighted by atomic mass is 16.3. The van der Waals surface area contributed by atoms with Gasteiger partial charge in [0.2, 0.25) is 5.91 Å². The molecule has 0 aliphatic rings. The summed E-state index contributed by atoms with van der Waals surface area (Å²) >= 11 is 0. The van der Waals surface area contributed by atoms with Crippen LogP contribution in [0.4, 0.5) is 11.4 Å². The summed E-state index contributed by atoms with van der Waals surface area (Å²) in [5.41, 5.74) is 1.19. The number of carbonyl (C=O) groups is 2. The molecule has 3 N–H and O–H groups in total. The Kier molecular flexibility index (Phi) is 4.73. The van der Waals surface area contributed by atoms with Crippen molar-refractivity contribution in [3.63, 3.8) is 0 Å². The topological polar surface area (TPSA) is 83.4 Å². The number of hydrogen-bond donors (Lipinski definition) is 3. The first kappa shape index (κ1) is 14.8. The van der Waals surface area contributed by atoms with Gasteiger partial charge in [0, 0.05) is 11.4 Å². The highest BCUT2D eigenvalue weighted by Gasteiger charge is 2.12. The zero-order valence-electron chi connectivity index (χ0n) is 11.8. The summed E-state index contributed by atoms with van der Waals surface area (Å²) in [7, 11) is 1.71. The third-order valence-electron chi connectivity index (χ3n) is 2.96. The summed E-state index contributed by atoms with van der Waals surface area (Å²) in [4.78, 5) is 23.6. The van der Waals surface area contributed by atoms with E-state index in [0.29, 0.717) is 11.4 Å². The van der Waals surface area contributed by atoms with Crippen LogP contribution in [0.25, 0.3) is 0 Å². The number of hydrogen-bond acceptors (Lipinski definition) is 4. The fourth-order valence-electron chi connectivity index (χ4n) is 1.66. The van der Waals surface area contributed by atoms with E-state index in [2.05, 4.69) is 16.0 Å². The smallest absolute Gasteiger partial charge is 0.291 e. The predicted molar refractivity (Wildman–Crippen MR) is 80.3 cm³/mol. The molecule has 1 unspecified atom stereocenters. The van der Waals surface area contributed by atoms with Crippen LogP contribution in [-0.4, -0.2) is 24.9 Å². The van der Waals surface area contributed by atoms with E-state index < -0.39 is 0 Å². The number of likely N-dealkylation sites (N-methyl/N-ethyl adjacent to an activating group) is 1. The lowest BCUT2D eigenvalue weighted by atomic mass is 10.2. The van der Waals surface area contributed by atoms with Crippen LogP contribution in [0.15, 0.2) is 47.1 Å². The van der Waals surface area contributed by atoms with Gasteiger partial charge >= 0.3 is 0 Å². The minimum Gasteiger partial charge on any atom is -0.459 e. The van der Waals surface area contributed by atoms with Gasteiger partial charge in [0.15, 0.2) is 5.76 Å². The quantitative estimate of drug-likeness (QED) is 0.786. The van der Waals surface area contributed by atoms with Crippen LogP contribution in [-0.2, 0) is 4.79 Å². The second-order valence-electron chi connectivity index (χ2n) is 4.51. The van der Waals surface area contributed by atoms with Gasteiger partial charge in [-0.2, -0.15) is 0 Å². The maximum atomic E-state index is 11.9. The first-order valence-electron chi connectivity index (χ1n) is 6.53. The van der Waals surface area contributed by atoms with Crippen molar-refractivity contribution in [2.24, 2.45) is 0 Å². The van der Waals surface area contributed by atoms with Crippen LogP contribution in [0.5, 0.6) is 0 Å². The average Bonchev–Trinajstić information content (AvgIpc) is 3.01.